The molecule has 0 aromatic heterocycles. The summed E-state index contributed by atoms with van der Waals surface area (Å²) in [5, 5.41) is 0.877. The average molecular weight is 552 g/mol. The van der Waals surface area contributed by atoms with Crippen molar-refractivity contribution in [1.82, 2.24) is 0 Å². The van der Waals surface area contributed by atoms with Crippen LogP contribution in [0.25, 0.3) is 10.8 Å². The van der Waals surface area contributed by atoms with Crippen molar-refractivity contribution in [2.24, 2.45) is 0 Å². The second-order valence-corrected chi connectivity index (χ2v) is 7.31. The number of carbonyl (C=O) groups is 4. The topological polar surface area (TPSA) is 68.3 Å². The Morgan fingerprint density at radius 2 is 0.818 bits per heavy atom. The molecule has 22 heavy (non-hydrogen) atoms. The minimum absolute atomic E-state index is 0.0861. The molecule has 2 aromatic rings. The molecule has 0 amide bonds. The van der Waals surface area contributed by atoms with Gasteiger partial charge in [-0.1, -0.05) is 0 Å². The van der Waals surface area contributed by atoms with Crippen LogP contribution < -0.4 is 0 Å². The molecule has 2 aromatic carbocycles. The fourth-order valence-corrected chi connectivity index (χ4v) is 4.02. The third kappa shape index (κ3) is 3.07. The van der Waals surface area contributed by atoms with E-state index >= 15 is 0 Å². The number of carbonyl (C=O) groups excluding carboxylic acids is 4. The predicted molar refractivity (Wildman–Crippen MR) is 84.3 cm³/mol. The Kier molecular flexibility index (Phi) is 5.60. The van der Waals surface area contributed by atoms with E-state index in [-0.39, 0.29) is 22.3 Å². The fourth-order valence-electron chi connectivity index (χ4n) is 2.27. The second kappa shape index (κ2) is 6.92. The van der Waals surface area contributed by atoms with E-state index in [9.17, 15) is 19.2 Å². The van der Waals surface area contributed by atoms with Crippen molar-refractivity contribution in [2.45, 2.75) is 0 Å². The zero-order valence-corrected chi connectivity index (χ0v) is 17.4. The van der Waals surface area contributed by atoms with Crippen LogP contribution in [0.15, 0.2) is 24.3 Å². The van der Waals surface area contributed by atoms with E-state index in [0.29, 0.717) is 10.8 Å². The van der Waals surface area contributed by atoms with Crippen molar-refractivity contribution in [3.63, 3.8) is 0 Å². The van der Waals surface area contributed by atoms with Gasteiger partial charge < -0.3 is 0 Å². The summed E-state index contributed by atoms with van der Waals surface area (Å²) < 4.78 is -2.11. The van der Waals surface area contributed by atoms with Crippen LogP contribution >= 0.6 is 0 Å². The molecule has 4 nitrogen and oxygen atoms in total. The van der Waals surface area contributed by atoms with Crippen molar-refractivity contribution in [3.05, 3.63) is 46.5 Å². The van der Waals surface area contributed by atoms with Crippen LogP contribution in [0.1, 0.15) is 41.4 Å². The van der Waals surface area contributed by atoms with Crippen LogP contribution in [0.3, 0.4) is 0 Å². The maximum absolute atomic E-state index is 12.0. The SMILES string of the molecule is O=C([Se-])c1c(C(=O)[Se-])c(C(=O)[Se-])c2ccccc2c1C(=O)[Se-]. The van der Waals surface area contributed by atoms with Crippen LogP contribution in [0.5, 0.6) is 0 Å². The van der Waals surface area contributed by atoms with E-state index in [4.69, 9.17) is 0 Å². The van der Waals surface area contributed by atoms with Gasteiger partial charge in [0.05, 0.1) is 0 Å². The first-order valence-corrected chi connectivity index (χ1v) is 9.14. The van der Waals surface area contributed by atoms with Crippen LogP contribution in [-0.4, -0.2) is 82.8 Å². The van der Waals surface area contributed by atoms with E-state index in [1.54, 1.807) is 24.3 Å². The van der Waals surface area contributed by atoms with E-state index in [1.165, 1.54) is 0 Å². The standard InChI is InChI=1S/C14H8O4Se4/c15-11(19)7-5-3-1-2-4-6(5)8(12(16)20)10(14(18)22)9(7)13(17)21/h1-4H,(H,15,19)(H,16,20)(H,17,21)(H,18,22)/p-4. The molecular weight excluding hydrogens is 548 g/mol. The van der Waals surface area contributed by atoms with Crippen LogP contribution in [0.4, 0.5) is 0 Å². The molecule has 0 radical (unpaired) electrons. The summed E-state index contributed by atoms with van der Waals surface area (Å²) in [6, 6.07) is 6.64. The molecule has 0 spiro atoms. The van der Waals surface area contributed by atoms with Gasteiger partial charge in [0.2, 0.25) is 0 Å². The molecule has 0 saturated carbocycles. The predicted octanol–water partition coefficient (Wildman–Crippen LogP) is 0.0746. The number of rotatable bonds is 4. The molecule has 2 rings (SSSR count). The monoisotopic (exact) mass is 556 g/mol. The molecule has 0 heterocycles. The molecule has 0 atom stereocenters. The Bertz CT molecular complexity index is 787. The number of fused-ring (bicyclic) bond motifs is 1. The zero-order valence-electron chi connectivity index (χ0n) is 10.6. The van der Waals surface area contributed by atoms with E-state index in [2.05, 4.69) is 64.1 Å². The molecule has 0 unspecified atom stereocenters. The van der Waals surface area contributed by atoms with E-state index in [0.717, 1.165) is 0 Å². The van der Waals surface area contributed by atoms with Gasteiger partial charge in [-0.05, 0) is 0 Å². The van der Waals surface area contributed by atoms with Crippen molar-refractivity contribution < 1.29 is 19.2 Å². The van der Waals surface area contributed by atoms with Crippen molar-refractivity contribution in [2.75, 3.05) is 0 Å². The Labute approximate surface area is 158 Å². The summed E-state index contributed by atoms with van der Waals surface area (Å²) in [5.74, 6) is 0. The summed E-state index contributed by atoms with van der Waals surface area (Å²) in [6.45, 7) is 0. The second-order valence-electron chi connectivity index (χ2n) is 4.20. The molecule has 0 fully saturated rings. The van der Waals surface area contributed by atoms with Gasteiger partial charge in [0.15, 0.2) is 0 Å². The first kappa shape index (κ1) is 17.8. The normalized spacial score (nSPS) is 10.4. The molecule has 0 saturated heterocycles. The number of hydrogen-bond acceptors (Lipinski definition) is 4. The maximum atomic E-state index is 12.0. The Balaban J connectivity index is 3.25. The molecule has 8 heteroatoms. The molecular formula is C14H4O4Se4-4. The summed E-state index contributed by atoms with van der Waals surface area (Å²) in [7, 11) is 0. The summed E-state index contributed by atoms with van der Waals surface area (Å²) in [4.78, 5) is 48.0. The Morgan fingerprint density at radius 1 is 0.545 bits per heavy atom. The van der Waals surface area contributed by atoms with E-state index < -0.39 is 18.7 Å². The Morgan fingerprint density at radius 3 is 1.05 bits per heavy atom. The first-order valence-electron chi connectivity index (χ1n) is 5.71. The van der Waals surface area contributed by atoms with Crippen LogP contribution in [0.2, 0.25) is 0 Å². The summed E-state index contributed by atoms with van der Waals surface area (Å²) in [6.07, 6.45) is 0. The molecule has 0 bridgehead atoms. The van der Waals surface area contributed by atoms with Gasteiger partial charge in [-0.15, -0.1) is 0 Å². The van der Waals surface area contributed by atoms with Gasteiger partial charge in [-0.2, -0.15) is 0 Å². The molecule has 0 N–H and O–H groups in total. The quantitative estimate of drug-likeness (QED) is 0.505. The van der Waals surface area contributed by atoms with Crippen LogP contribution in [-0.2, 0) is 0 Å². The van der Waals surface area contributed by atoms with Crippen molar-refractivity contribution >= 4 is 93.6 Å². The molecule has 0 aliphatic heterocycles. The van der Waals surface area contributed by atoms with Crippen molar-refractivity contribution in [1.29, 1.82) is 0 Å². The van der Waals surface area contributed by atoms with Crippen molar-refractivity contribution in [3.8, 4) is 0 Å². The first-order chi connectivity index (χ1) is 10.3. The number of hydrogen-bond donors (Lipinski definition) is 0. The molecule has 0 aliphatic carbocycles. The van der Waals surface area contributed by atoms with Gasteiger partial charge in [-0.3, -0.25) is 0 Å². The van der Waals surface area contributed by atoms with Gasteiger partial charge in [0.25, 0.3) is 0 Å². The van der Waals surface area contributed by atoms with Gasteiger partial charge in [0, 0.05) is 0 Å². The summed E-state index contributed by atoms with van der Waals surface area (Å²) >= 11 is 9.25. The third-order valence-electron chi connectivity index (χ3n) is 3.03. The number of benzene rings is 2. The van der Waals surface area contributed by atoms with Gasteiger partial charge >= 0.3 is 159 Å². The minimum atomic E-state index is -0.578. The Hall–Kier alpha value is -0.542. The summed E-state index contributed by atoms with van der Waals surface area (Å²) in [5.41, 5.74) is -0.0134. The molecule has 112 valence electrons. The average Bonchev–Trinajstić information content (AvgIpc) is 2.43. The molecule has 0 aliphatic rings. The third-order valence-corrected chi connectivity index (χ3v) is 4.75. The zero-order chi connectivity index (χ0) is 16.6. The fraction of sp³-hybridized carbons (Fsp3) is 0. The van der Waals surface area contributed by atoms with Gasteiger partial charge in [0.1, 0.15) is 0 Å². The van der Waals surface area contributed by atoms with Gasteiger partial charge in [-0.25, -0.2) is 0 Å². The van der Waals surface area contributed by atoms with Crippen LogP contribution in [0, 0.1) is 0 Å². The van der Waals surface area contributed by atoms with E-state index in [1.807, 2.05) is 0 Å².